The first kappa shape index (κ1) is 26.0. The van der Waals surface area contributed by atoms with Crippen molar-refractivity contribution in [3.63, 3.8) is 0 Å². The van der Waals surface area contributed by atoms with Crippen LogP contribution in [0.2, 0.25) is 5.02 Å². The highest BCUT2D eigenvalue weighted by Gasteiger charge is 2.52. The monoisotopic (exact) mass is 534 g/mol. The second kappa shape index (κ2) is 9.28. The highest BCUT2D eigenvalue weighted by atomic mass is 35.5. The number of nitrogens with zero attached hydrogens (tertiary/aromatic N) is 2. The average Bonchev–Trinajstić information content (AvgIpc) is 3.41. The van der Waals surface area contributed by atoms with Gasteiger partial charge in [-0.05, 0) is 107 Å². The second-order valence-electron chi connectivity index (χ2n) is 12.8. The molecular formula is C28H37Cl2FN4O. The van der Waals surface area contributed by atoms with Crippen LogP contribution in [-0.4, -0.2) is 27.3 Å². The minimum atomic E-state index is -0.439. The number of amides is 1. The van der Waals surface area contributed by atoms with Gasteiger partial charge in [-0.25, -0.2) is 4.39 Å². The average molecular weight is 536 g/mol. The van der Waals surface area contributed by atoms with Crippen molar-refractivity contribution >= 4 is 29.9 Å². The number of aromatic nitrogens is 2. The topological polar surface area (TPSA) is 59.0 Å². The lowest BCUT2D eigenvalue weighted by molar-refractivity contribution is -0.128. The molecule has 1 unspecified atom stereocenters. The summed E-state index contributed by atoms with van der Waals surface area (Å²) >= 11 is 5.97. The Bertz CT molecular complexity index is 1110. The van der Waals surface area contributed by atoms with Crippen molar-refractivity contribution in [1.82, 2.24) is 20.4 Å². The standard InChI is InChI=1S/C28H36ClFN4O.ClH/c1-27(2,3)34-7-6-23(33-34)20-12-24(31-25(20)19-4-5-21(29)22(30)11-19)26(35)32-28-13-16-8-17(14-28)10-18(9-16)15-28;/h4-7,11,16-18,20,24-25,31H,8-10,12-15H2,1-3H3,(H,32,35);1H/t16?,17?,18?,20?,24-,25-,28?;/m0./s1. The first-order valence-corrected chi connectivity index (χ1v) is 13.6. The Kier molecular flexibility index (Phi) is 6.70. The second-order valence-corrected chi connectivity index (χ2v) is 13.2. The Morgan fingerprint density at radius 3 is 2.31 bits per heavy atom. The molecule has 5 fully saturated rings. The molecule has 1 amide bonds. The maximum absolute atomic E-state index is 14.4. The molecule has 4 aliphatic carbocycles. The number of rotatable bonds is 4. The van der Waals surface area contributed by atoms with E-state index in [9.17, 15) is 9.18 Å². The fourth-order valence-corrected chi connectivity index (χ4v) is 7.94. The van der Waals surface area contributed by atoms with Crippen LogP contribution in [0.3, 0.4) is 0 Å². The van der Waals surface area contributed by atoms with Crippen LogP contribution >= 0.6 is 24.0 Å². The van der Waals surface area contributed by atoms with E-state index in [2.05, 4.69) is 31.4 Å². The van der Waals surface area contributed by atoms with Gasteiger partial charge in [0.1, 0.15) is 5.82 Å². The number of benzene rings is 1. The molecule has 0 radical (unpaired) electrons. The lowest BCUT2D eigenvalue weighted by Crippen LogP contribution is -2.62. The van der Waals surface area contributed by atoms with E-state index in [4.69, 9.17) is 16.7 Å². The summed E-state index contributed by atoms with van der Waals surface area (Å²) in [4.78, 5) is 13.7. The van der Waals surface area contributed by atoms with E-state index in [0.29, 0.717) is 6.42 Å². The highest BCUT2D eigenvalue weighted by molar-refractivity contribution is 6.30. The number of hydrogen-bond acceptors (Lipinski definition) is 3. The lowest BCUT2D eigenvalue weighted by Gasteiger charge is -2.57. The summed E-state index contributed by atoms with van der Waals surface area (Å²) in [7, 11) is 0. The zero-order valence-electron chi connectivity index (χ0n) is 21.3. The molecule has 196 valence electrons. The molecule has 3 atom stereocenters. The third-order valence-corrected chi connectivity index (χ3v) is 9.30. The van der Waals surface area contributed by atoms with Crippen molar-refractivity contribution in [2.75, 3.05) is 0 Å². The smallest absolute Gasteiger partial charge is 0.237 e. The van der Waals surface area contributed by atoms with Crippen LogP contribution in [0.4, 0.5) is 4.39 Å². The molecule has 36 heavy (non-hydrogen) atoms. The third-order valence-electron chi connectivity index (χ3n) is 9.00. The van der Waals surface area contributed by atoms with Gasteiger partial charge in [0.25, 0.3) is 0 Å². The number of nitrogens with one attached hydrogen (secondary N) is 2. The molecule has 2 heterocycles. The molecule has 1 saturated heterocycles. The largest absolute Gasteiger partial charge is 0.349 e. The highest BCUT2D eigenvalue weighted by Crippen LogP contribution is 2.55. The fourth-order valence-electron chi connectivity index (χ4n) is 7.82. The quantitative estimate of drug-likeness (QED) is 0.496. The van der Waals surface area contributed by atoms with Gasteiger partial charge in [-0.1, -0.05) is 17.7 Å². The molecule has 5 aliphatic rings. The minimum Gasteiger partial charge on any atom is -0.349 e. The summed E-state index contributed by atoms with van der Waals surface area (Å²) in [6, 6.07) is 6.44. The molecule has 5 nitrogen and oxygen atoms in total. The summed E-state index contributed by atoms with van der Waals surface area (Å²) in [6.07, 6.45) is 10.1. The molecule has 1 aromatic carbocycles. The molecule has 2 N–H and O–H groups in total. The normalized spacial score (nSPS) is 35.0. The number of carbonyl (C=O) groups is 1. The van der Waals surface area contributed by atoms with E-state index in [1.165, 1.54) is 25.3 Å². The zero-order valence-corrected chi connectivity index (χ0v) is 22.8. The summed E-state index contributed by atoms with van der Waals surface area (Å²) in [5.74, 6) is 1.94. The van der Waals surface area contributed by atoms with Crippen molar-refractivity contribution < 1.29 is 9.18 Å². The van der Waals surface area contributed by atoms with E-state index in [1.807, 2.05) is 23.0 Å². The molecule has 0 spiro atoms. The molecule has 8 heteroatoms. The Morgan fingerprint density at radius 1 is 1.11 bits per heavy atom. The van der Waals surface area contributed by atoms with E-state index < -0.39 is 5.82 Å². The van der Waals surface area contributed by atoms with Crippen LogP contribution in [0, 0.1) is 23.6 Å². The lowest BCUT2D eigenvalue weighted by atomic mass is 9.53. The molecule has 1 aromatic heterocycles. The van der Waals surface area contributed by atoms with Gasteiger partial charge in [-0.3, -0.25) is 14.8 Å². The van der Waals surface area contributed by atoms with Gasteiger partial charge in [0.2, 0.25) is 5.91 Å². The minimum absolute atomic E-state index is 0. The predicted molar refractivity (Wildman–Crippen MR) is 142 cm³/mol. The van der Waals surface area contributed by atoms with Crippen molar-refractivity contribution in [2.45, 2.75) is 94.8 Å². The van der Waals surface area contributed by atoms with Crippen LogP contribution in [0.5, 0.6) is 0 Å². The Morgan fingerprint density at radius 2 is 1.75 bits per heavy atom. The van der Waals surface area contributed by atoms with Crippen LogP contribution in [0.15, 0.2) is 30.5 Å². The van der Waals surface area contributed by atoms with Gasteiger partial charge in [-0.15, -0.1) is 12.4 Å². The van der Waals surface area contributed by atoms with Gasteiger partial charge in [0, 0.05) is 23.7 Å². The molecule has 4 bridgehead atoms. The van der Waals surface area contributed by atoms with Crippen LogP contribution in [0.25, 0.3) is 0 Å². The summed E-state index contributed by atoms with van der Waals surface area (Å²) in [5.41, 5.74) is 1.56. The van der Waals surface area contributed by atoms with Crippen LogP contribution in [0.1, 0.15) is 88.9 Å². The zero-order chi connectivity index (χ0) is 24.5. The van der Waals surface area contributed by atoms with Gasteiger partial charge in [0.05, 0.1) is 22.3 Å². The van der Waals surface area contributed by atoms with Crippen LogP contribution < -0.4 is 10.6 Å². The number of halogens is 3. The van der Waals surface area contributed by atoms with Crippen LogP contribution in [-0.2, 0) is 10.3 Å². The Labute approximate surface area is 224 Å². The van der Waals surface area contributed by atoms with E-state index in [-0.39, 0.29) is 52.4 Å². The first-order valence-electron chi connectivity index (χ1n) is 13.2. The van der Waals surface area contributed by atoms with Crippen molar-refractivity contribution in [1.29, 1.82) is 0 Å². The summed E-state index contributed by atoms with van der Waals surface area (Å²) in [6.45, 7) is 6.35. The van der Waals surface area contributed by atoms with Gasteiger partial charge < -0.3 is 5.32 Å². The summed E-state index contributed by atoms with van der Waals surface area (Å²) < 4.78 is 16.4. The number of hydrogen-bond donors (Lipinski definition) is 2. The van der Waals surface area contributed by atoms with Crippen molar-refractivity contribution in [3.05, 3.63) is 52.6 Å². The van der Waals surface area contributed by atoms with Crippen molar-refractivity contribution in [3.8, 4) is 0 Å². The molecule has 7 rings (SSSR count). The third kappa shape index (κ3) is 4.69. The fraction of sp³-hybridized carbons (Fsp3) is 0.643. The van der Waals surface area contributed by atoms with E-state index in [0.717, 1.165) is 48.3 Å². The molecule has 2 aromatic rings. The molecule has 4 saturated carbocycles. The molecular weight excluding hydrogens is 498 g/mol. The molecule has 1 aliphatic heterocycles. The maximum atomic E-state index is 14.4. The Hall–Kier alpha value is -1.63. The van der Waals surface area contributed by atoms with E-state index in [1.54, 1.807) is 6.07 Å². The predicted octanol–water partition coefficient (Wildman–Crippen LogP) is 6.12. The van der Waals surface area contributed by atoms with Gasteiger partial charge in [0.15, 0.2) is 0 Å². The van der Waals surface area contributed by atoms with Gasteiger partial charge in [-0.2, -0.15) is 5.10 Å². The SMILES string of the molecule is CC(C)(C)n1ccc(C2C[C@@H](C(=O)NC34CC5CC(CC(C5)C3)C4)N[C@H]2c2ccc(Cl)c(F)c2)n1.Cl. The number of carbonyl (C=O) groups excluding carboxylic acids is 1. The van der Waals surface area contributed by atoms with Crippen molar-refractivity contribution in [2.24, 2.45) is 17.8 Å². The van der Waals surface area contributed by atoms with E-state index >= 15 is 0 Å². The summed E-state index contributed by atoms with van der Waals surface area (Å²) in [5, 5.41) is 12.1. The van der Waals surface area contributed by atoms with Gasteiger partial charge >= 0.3 is 0 Å². The maximum Gasteiger partial charge on any atom is 0.237 e. The Balaban J connectivity index is 0.00000267. The first-order chi connectivity index (χ1) is 16.6.